The van der Waals surface area contributed by atoms with E-state index in [1.807, 2.05) is 30.3 Å². The highest BCUT2D eigenvalue weighted by Gasteiger charge is 2.15. The minimum Gasteiger partial charge on any atom is -0.497 e. The van der Waals surface area contributed by atoms with Crippen molar-refractivity contribution < 1.29 is 17.9 Å². The van der Waals surface area contributed by atoms with Gasteiger partial charge in [0, 0.05) is 25.7 Å². The van der Waals surface area contributed by atoms with Gasteiger partial charge in [0.25, 0.3) is 5.91 Å². The number of methoxy groups -OCH3 is 1. The Morgan fingerprint density at radius 1 is 0.900 bits per heavy atom. The van der Waals surface area contributed by atoms with Crippen LogP contribution in [0.2, 0.25) is 0 Å². The van der Waals surface area contributed by atoms with Crippen molar-refractivity contribution in [2.75, 3.05) is 14.2 Å². The van der Waals surface area contributed by atoms with Crippen LogP contribution in [0, 0.1) is 0 Å². The van der Waals surface area contributed by atoms with Gasteiger partial charge in [-0.2, -0.15) is 0 Å². The van der Waals surface area contributed by atoms with Crippen molar-refractivity contribution in [3.63, 3.8) is 0 Å². The zero-order chi connectivity index (χ0) is 21.6. The van der Waals surface area contributed by atoms with Crippen molar-refractivity contribution in [3.8, 4) is 5.75 Å². The predicted molar refractivity (Wildman–Crippen MR) is 116 cm³/mol. The van der Waals surface area contributed by atoms with E-state index in [9.17, 15) is 13.2 Å². The first-order chi connectivity index (χ1) is 14.4. The summed E-state index contributed by atoms with van der Waals surface area (Å²) in [5.41, 5.74) is 2.36. The molecule has 6 nitrogen and oxygen atoms in total. The Bertz CT molecular complexity index is 1080. The molecule has 0 saturated heterocycles. The lowest BCUT2D eigenvalue weighted by Crippen LogP contribution is -2.26. The average molecular weight is 425 g/mol. The molecule has 1 N–H and O–H groups in total. The van der Waals surface area contributed by atoms with Gasteiger partial charge in [-0.25, -0.2) is 13.1 Å². The molecule has 0 heterocycles. The topological polar surface area (TPSA) is 75.7 Å². The van der Waals surface area contributed by atoms with Gasteiger partial charge in [0.15, 0.2) is 0 Å². The van der Waals surface area contributed by atoms with Crippen LogP contribution in [0.4, 0.5) is 0 Å². The Hall–Kier alpha value is -3.16. The summed E-state index contributed by atoms with van der Waals surface area (Å²) in [6.07, 6.45) is 0. The average Bonchev–Trinajstić information content (AvgIpc) is 2.78. The maximum atomic E-state index is 12.6. The summed E-state index contributed by atoms with van der Waals surface area (Å²) in [5.74, 6) is 0.496. The van der Waals surface area contributed by atoms with Gasteiger partial charge in [-0.3, -0.25) is 4.79 Å². The second-order valence-electron chi connectivity index (χ2n) is 6.84. The number of rotatable bonds is 8. The molecule has 0 aliphatic carbocycles. The summed E-state index contributed by atoms with van der Waals surface area (Å²) in [4.78, 5) is 14.4. The van der Waals surface area contributed by atoms with Crippen LogP contribution in [0.25, 0.3) is 0 Å². The van der Waals surface area contributed by atoms with Crippen LogP contribution in [0.3, 0.4) is 0 Å². The first-order valence-corrected chi connectivity index (χ1v) is 10.9. The van der Waals surface area contributed by atoms with Crippen molar-refractivity contribution in [3.05, 3.63) is 95.6 Å². The zero-order valence-corrected chi connectivity index (χ0v) is 17.7. The van der Waals surface area contributed by atoms with Gasteiger partial charge in [0.05, 0.1) is 12.0 Å². The standard InChI is InChI=1S/C23H24N2O4S/c1-25(17-19-6-4-3-5-7-19)23(26)20-10-8-18(9-11-20)16-24-30(27,28)22-14-12-21(29-2)13-15-22/h3-15,24H,16-17H2,1-2H3. The van der Waals surface area contributed by atoms with E-state index >= 15 is 0 Å². The molecule has 30 heavy (non-hydrogen) atoms. The van der Waals surface area contributed by atoms with Crippen LogP contribution in [0.15, 0.2) is 83.8 Å². The molecule has 0 bridgehead atoms. The second-order valence-corrected chi connectivity index (χ2v) is 8.61. The highest BCUT2D eigenvalue weighted by Crippen LogP contribution is 2.16. The van der Waals surface area contributed by atoms with Gasteiger partial charge in [0.2, 0.25) is 10.0 Å². The highest BCUT2D eigenvalue weighted by molar-refractivity contribution is 7.89. The van der Waals surface area contributed by atoms with Crippen molar-refractivity contribution in [2.45, 2.75) is 18.0 Å². The molecule has 3 rings (SSSR count). The van der Waals surface area contributed by atoms with Gasteiger partial charge in [-0.05, 0) is 47.5 Å². The number of nitrogens with one attached hydrogen (secondary N) is 1. The zero-order valence-electron chi connectivity index (χ0n) is 16.9. The molecule has 0 radical (unpaired) electrons. The van der Waals surface area contributed by atoms with Gasteiger partial charge < -0.3 is 9.64 Å². The molecule has 0 aliphatic heterocycles. The number of hydrogen-bond donors (Lipinski definition) is 1. The highest BCUT2D eigenvalue weighted by atomic mass is 32.2. The summed E-state index contributed by atoms with van der Waals surface area (Å²) in [5, 5.41) is 0. The Balaban J connectivity index is 1.60. The van der Waals surface area contributed by atoms with E-state index in [0.717, 1.165) is 11.1 Å². The molecule has 0 atom stereocenters. The van der Waals surface area contributed by atoms with Crippen LogP contribution in [0.5, 0.6) is 5.75 Å². The first kappa shape index (κ1) is 21.5. The fourth-order valence-corrected chi connectivity index (χ4v) is 3.95. The van der Waals surface area contributed by atoms with Gasteiger partial charge in [0.1, 0.15) is 5.75 Å². The maximum absolute atomic E-state index is 12.6. The molecule has 0 fully saturated rings. The number of hydrogen-bond acceptors (Lipinski definition) is 4. The molecule has 1 amide bonds. The van der Waals surface area contributed by atoms with E-state index in [0.29, 0.717) is 17.9 Å². The summed E-state index contributed by atoms with van der Waals surface area (Å²) in [6, 6.07) is 22.9. The Morgan fingerprint density at radius 3 is 2.13 bits per heavy atom. The lowest BCUT2D eigenvalue weighted by molar-refractivity contribution is 0.0785. The number of benzene rings is 3. The Kier molecular flexibility index (Phi) is 6.87. The van der Waals surface area contributed by atoms with E-state index in [4.69, 9.17) is 4.74 Å². The predicted octanol–water partition coefficient (Wildman–Crippen LogP) is 3.45. The molecule has 0 saturated carbocycles. The molecule has 0 unspecified atom stereocenters. The summed E-state index contributed by atoms with van der Waals surface area (Å²) >= 11 is 0. The Labute approximate surface area is 177 Å². The Morgan fingerprint density at radius 2 is 1.53 bits per heavy atom. The van der Waals surface area contributed by atoms with Crippen molar-refractivity contribution in [2.24, 2.45) is 0 Å². The van der Waals surface area contributed by atoms with E-state index in [2.05, 4.69) is 4.72 Å². The molecule has 0 spiro atoms. The summed E-state index contributed by atoms with van der Waals surface area (Å²) in [6.45, 7) is 0.645. The second kappa shape index (κ2) is 9.56. The first-order valence-electron chi connectivity index (χ1n) is 9.41. The summed E-state index contributed by atoms with van der Waals surface area (Å²) < 4.78 is 32.5. The number of carbonyl (C=O) groups excluding carboxylic acids is 1. The number of carbonyl (C=O) groups is 1. The van der Waals surface area contributed by atoms with Gasteiger partial charge in [-0.1, -0.05) is 42.5 Å². The monoisotopic (exact) mass is 424 g/mol. The largest absolute Gasteiger partial charge is 0.497 e. The fourth-order valence-electron chi connectivity index (χ4n) is 2.93. The molecule has 156 valence electrons. The number of amides is 1. The molecule has 0 aliphatic rings. The number of sulfonamides is 1. The third-order valence-corrected chi connectivity index (χ3v) is 6.06. The van der Waals surface area contributed by atoms with E-state index in [1.165, 1.54) is 19.2 Å². The van der Waals surface area contributed by atoms with Crippen molar-refractivity contribution >= 4 is 15.9 Å². The van der Waals surface area contributed by atoms with E-state index in [-0.39, 0.29) is 17.3 Å². The summed E-state index contributed by atoms with van der Waals surface area (Å²) in [7, 11) is -0.359. The third kappa shape index (κ3) is 5.46. The van der Waals surface area contributed by atoms with E-state index in [1.54, 1.807) is 48.3 Å². The third-order valence-electron chi connectivity index (χ3n) is 4.65. The minimum absolute atomic E-state index is 0.0933. The molecule has 3 aromatic rings. The van der Waals surface area contributed by atoms with Crippen LogP contribution in [-0.2, 0) is 23.1 Å². The van der Waals surface area contributed by atoms with Crippen molar-refractivity contribution in [1.29, 1.82) is 0 Å². The van der Waals surface area contributed by atoms with Crippen LogP contribution in [-0.4, -0.2) is 33.4 Å². The lowest BCUT2D eigenvalue weighted by atomic mass is 10.1. The normalized spacial score (nSPS) is 11.1. The van der Waals surface area contributed by atoms with Crippen molar-refractivity contribution in [1.82, 2.24) is 9.62 Å². The molecular formula is C23H24N2O4S. The molecule has 3 aromatic carbocycles. The maximum Gasteiger partial charge on any atom is 0.253 e. The number of nitrogens with zero attached hydrogens (tertiary/aromatic N) is 1. The van der Waals surface area contributed by atoms with Gasteiger partial charge >= 0.3 is 0 Å². The van der Waals surface area contributed by atoms with Gasteiger partial charge in [-0.15, -0.1) is 0 Å². The minimum atomic E-state index is -3.64. The SMILES string of the molecule is COc1ccc(S(=O)(=O)NCc2ccc(C(=O)N(C)Cc3ccccc3)cc2)cc1. The van der Waals surface area contributed by atoms with Crippen LogP contribution in [0.1, 0.15) is 21.5 Å². The smallest absolute Gasteiger partial charge is 0.253 e. The van der Waals surface area contributed by atoms with E-state index < -0.39 is 10.0 Å². The van der Waals surface area contributed by atoms with Crippen LogP contribution >= 0.6 is 0 Å². The number of ether oxygens (including phenoxy) is 1. The molecule has 7 heteroatoms. The molecular weight excluding hydrogens is 400 g/mol. The fraction of sp³-hybridized carbons (Fsp3) is 0.174. The lowest BCUT2D eigenvalue weighted by Gasteiger charge is -2.17. The molecule has 0 aromatic heterocycles. The van der Waals surface area contributed by atoms with Crippen LogP contribution < -0.4 is 9.46 Å². The quantitative estimate of drug-likeness (QED) is 0.601.